The minimum Gasteiger partial charge on any atom is -0.229 e. The molecule has 0 spiro atoms. The Hall–Kier alpha value is -0.810. The zero-order chi connectivity index (χ0) is 14.8. The summed E-state index contributed by atoms with van der Waals surface area (Å²) in [6, 6.07) is 7.78. The maximum Gasteiger partial charge on any atom is 0.128 e. The molecule has 0 bridgehead atoms. The average molecular weight is 355 g/mol. The summed E-state index contributed by atoms with van der Waals surface area (Å²) in [5.41, 5.74) is 1.06. The van der Waals surface area contributed by atoms with E-state index in [2.05, 4.69) is 23.0 Å². The number of benzene rings is 1. The molecule has 0 unspecified atom stereocenters. The van der Waals surface area contributed by atoms with Crippen LogP contribution in [0.25, 0.3) is 10.2 Å². The van der Waals surface area contributed by atoms with Crippen molar-refractivity contribution in [1.82, 2.24) is 9.97 Å². The highest BCUT2D eigenvalue weighted by atomic mass is 35.5. The number of rotatable bonds is 4. The van der Waals surface area contributed by atoms with Crippen LogP contribution in [0.15, 0.2) is 35.6 Å². The first-order chi connectivity index (χ1) is 10.2. The molecular weight excluding hydrogens is 343 g/mol. The Morgan fingerprint density at radius 3 is 2.81 bits per heavy atom. The van der Waals surface area contributed by atoms with Crippen LogP contribution in [0.1, 0.15) is 17.4 Å². The highest BCUT2D eigenvalue weighted by Crippen LogP contribution is 2.34. The van der Waals surface area contributed by atoms with Gasteiger partial charge in [0, 0.05) is 26.1 Å². The first-order valence-corrected chi connectivity index (χ1v) is 9.03. The fourth-order valence-electron chi connectivity index (χ4n) is 1.96. The third-order valence-corrected chi connectivity index (χ3v) is 5.90. The maximum atomic E-state index is 6.21. The van der Waals surface area contributed by atoms with Crippen LogP contribution < -0.4 is 0 Å². The summed E-state index contributed by atoms with van der Waals surface area (Å²) in [5.74, 6) is 0.763. The first kappa shape index (κ1) is 15.1. The molecule has 2 heterocycles. The SMILES string of the molecule is CCc1cc2c(SCc3ccc(Cl)cc3Cl)ncnc2s1. The summed E-state index contributed by atoms with van der Waals surface area (Å²) in [4.78, 5) is 11.1. The molecule has 0 aliphatic heterocycles. The largest absolute Gasteiger partial charge is 0.229 e. The number of hydrogen-bond acceptors (Lipinski definition) is 4. The Labute approximate surface area is 141 Å². The molecule has 0 amide bonds. The van der Waals surface area contributed by atoms with Gasteiger partial charge < -0.3 is 0 Å². The topological polar surface area (TPSA) is 25.8 Å². The van der Waals surface area contributed by atoms with Gasteiger partial charge in [0.2, 0.25) is 0 Å². The van der Waals surface area contributed by atoms with Crippen molar-refractivity contribution in [3.8, 4) is 0 Å². The Morgan fingerprint density at radius 2 is 2.05 bits per heavy atom. The second-order valence-corrected chi connectivity index (χ2v) is 7.41. The van der Waals surface area contributed by atoms with Gasteiger partial charge in [-0.3, -0.25) is 0 Å². The van der Waals surface area contributed by atoms with Crippen molar-refractivity contribution in [2.24, 2.45) is 0 Å². The normalized spacial score (nSPS) is 11.2. The van der Waals surface area contributed by atoms with Gasteiger partial charge in [-0.2, -0.15) is 0 Å². The van der Waals surface area contributed by atoms with Gasteiger partial charge in [0.05, 0.1) is 0 Å². The molecule has 0 fully saturated rings. The Bertz CT molecular complexity index is 786. The monoisotopic (exact) mass is 354 g/mol. The fraction of sp³-hybridized carbons (Fsp3) is 0.200. The lowest BCUT2D eigenvalue weighted by molar-refractivity contribution is 1.10. The molecule has 2 aromatic heterocycles. The Kier molecular flexibility index (Phi) is 4.69. The number of fused-ring (bicyclic) bond motifs is 1. The van der Waals surface area contributed by atoms with Gasteiger partial charge >= 0.3 is 0 Å². The molecule has 6 heteroatoms. The van der Waals surface area contributed by atoms with Crippen LogP contribution in [0.4, 0.5) is 0 Å². The van der Waals surface area contributed by atoms with E-state index in [0.717, 1.165) is 33.0 Å². The van der Waals surface area contributed by atoms with Crippen LogP contribution in [0.3, 0.4) is 0 Å². The molecule has 0 saturated heterocycles. The molecule has 0 radical (unpaired) electrons. The molecule has 108 valence electrons. The van der Waals surface area contributed by atoms with Gasteiger partial charge in [0.15, 0.2) is 0 Å². The molecular formula is C15H12Cl2N2S2. The van der Waals surface area contributed by atoms with E-state index < -0.39 is 0 Å². The minimum atomic E-state index is 0.656. The van der Waals surface area contributed by atoms with Crippen molar-refractivity contribution in [2.75, 3.05) is 0 Å². The molecule has 0 saturated carbocycles. The lowest BCUT2D eigenvalue weighted by Gasteiger charge is -2.05. The minimum absolute atomic E-state index is 0.656. The quantitative estimate of drug-likeness (QED) is 0.433. The van der Waals surface area contributed by atoms with Crippen molar-refractivity contribution in [3.63, 3.8) is 0 Å². The van der Waals surface area contributed by atoms with E-state index in [4.69, 9.17) is 23.2 Å². The van der Waals surface area contributed by atoms with Gasteiger partial charge in [-0.05, 0) is 30.2 Å². The third kappa shape index (κ3) is 3.34. The van der Waals surface area contributed by atoms with E-state index in [1.807, 2.05) is 12.1 Å². The number of thioether (sulfide) groups is 1. The molecule has 3 rings (SSSR count). The van der Waals surface area contributed by atoms with Crippen molar-refractivity contribution in [1.29, 1.82) is 0 Å². The van der Waals surface area contributed by atoms with E-state index in [1.54, 1.807) is 35.5 Å². The standard InChI is InChI=1S/C15H12Cl2N2S2/c1-2-11-6-12-14(18-8-19-15(12)21-11)20-7-9-3-4-10(16)5-13(9)17/h3-6,8H,2,7H2,1H3. The summed E-state index contributed by atoms with van der Waals surface area (Å²) in [7, 11) is 0. The smallest absolute Gasteiger partial charge is 0.128 e. The number of nitrogens with zero attached hydrogens (tertiary/aromatic N) is 2. The predicted molar refractivity (Wildman–Crippen MR) is 92.8 cm³/mol. The highest BCUT2D eigenvalue weighted by molar-refractivity contribution is 7.98. The van der Waals surface area contributed by atoms with Crippen LogP contribution in [-0.2, 0) is 12.2 Å². The molecule has 0 N–H and O–H groups in total. The lowest BCUT2D eigenvalue weighted by Crippen LogP contribution is -1.86. The van der Waals surface area contributed by atoms with Gasteiger partial charge in [-0.15, -0.1) is 23.1 Å². The number of aryl methyl sites for hydroxylation is 1. The molecule has 2 nitrogen and oxygen atoms in total. The fourth-order valence-corrected chi connectivity index (χ4v) is 4.49. The zero-order valence-corrected chi connectivity index (χ0v) is 14.4. The summed E-state index contributed by atoms with van der Waals surface area (Å²) in [5, 5.41) is 3.49. The molecule has 0 aliphatic rings. The van der Waals surface area contributed by atoms with Crippen molar-refractivity contribution in [2.45, 2.75) is 24.1 Å². The predicted octanol–water partition coefficient (Wildman–Crippen LogP) is 5.85. The van der Waals surface area contributed by atoms with E-state index in [9.17, 15) is 0 Å². The first-order valence-electron chi connectivity index (χ1n) is 6.47. The van der Waals surface area contributed by atoms with Crippen molar-refractivity contribution >= 4 is 56.5 Å². The van der Waals surface area contributed by atoms with Crippen LogP contribution in [0.2, 0.25) is 10.0 Å². The molecule has 3 aromatic rings. The maximum absolute atomic E-state index is 6.21. The second-order valence-electron chi connectivity index (χ2n) is 4.49. The number of halogens is 2. The van der Waals surface area contributed by atoms with E-state index in [-0.39, 0.29) is 0 Å². The van der Waals surface area contributed by atoms with Crippen LogP contribution in [0, 0.1) is 0 Å². The van der Waals surface area contributed by atoms with Crippen LogP contribution in [0.5, 0.6) is 0 Å². The van der Waals surface area contributed by atoms with Crippen LogP contribution in [-0.4, -0.2) is 9.97 Å². The molecule has 1 aromatic carbocycles. The van der Waals surface area contributed by atoms with E-state index in [0.29, 0.717) is 10.0 Å². The molecule has 0 atom stereocenters. The number of aromatic nitrogens is 2. The highest BCUT2D eigenvalue weighted by Gasteiger charge is 2.10. The summed E-state index contributed by atoms with van der Waals surface area (Å²) in [6.07, 6.45) is 2.65. The second kappa shape index (κ2) is 6.53. The molecule has 0 aliphatic carbocycles. The number of hydrogen-bond donors (Lipinski definition) is 0. The van der Waals surface area contributed by atoms with E-state index >= 15 is 0 Å². The lowest BCUT2D eigenvalue weighted by atomic mass is 10.2. The van der Waals surface area contributed by atoms with Gasteiger partial charge in [-0.25, -0.2) is 9.97 Å². The van der Waals surface area contributed by atoms with E-state index in [1.165, 1.54) is 4.88 Å². The summed E-state index contributed by atoms with van der Waals surface area (Å²) < 4.78 is 0. The van der Waals surface area contributed by atoms with Gasteiger partial charge in [-0.1, -0.05) is 36.2 Å². The van der Waals surface area contributed by atoms with Crippen molar-refractivity contribution in [3.05, 3.63) is 51.1 Å². The summed E-state index contributed by atoms with van der Waals surface area (Å²) >= 11 is 15.5. The van der Waals surface area contributed by atoms with Gasteiger partial charge in [0.1, 0.15) is 16.2 Å². The number of thiophene rings is 1. The molecule has 21 heavy (non-hydrogen) atoms. The Balaban J connectivity index is 1.86. The summed E-state index contributed by atoms with van der Waals surface area (Å²) in [6.45, 7) is 2.15. The van der Waals surface area contributed by atoms with Crippen LogP contribution >= 0.6 is 46.3 Å². The van der Waals surface area contributed by atoms with Gasteiger partial charge in [0.25, 0.3) is 0 Å². The Morgan fingerprint density at radius 1 is 1.19 bits per heavy atom. The van der Waals surface area contributed by atoms with Crippen molar-refractivity contribution < 1.29 is 0 Å². The third-order valence-electron chi connectivity index (χ3n) is 3.07. The average Bonchev–Trinajstić information content (AvgIpc) is 2.90. The zero-order valence-electron chi connectivity index (χ0n) is 11.3.